The number of esters is 1. The predicted molar refractivity (Wildman–Crippen MR) is 59.6 cm³/mol. The normalized spacial score (nSPS) is 22.7. The lowest BCUT2D eigenvalue weighted by atomic mass is 10.2. The van der Waals surface area contributed by atoms with E-state index in [1.807, 2.05) is 13.8 Å². The van der Waals surface area contributed by atoms with Gasteiger partial charge in [-0.15, -0.1) is 0 Å². The maximum Gasteiger partial charge on any atom is 0.328 e. The maximum atomic E-state index is 11.6. The Morgan fingerprint density at radius 2 is 2.19 bits per heavy atom. The van der Waals surface area contributed by atoms with Gasteiger partial charge in [0.1, 0.15) is 6.04 Å². The number of amides is 1. The zero-order valence-electron chi connectivity index (χ0n) is 10.3. The zero-order chi connectivity index (χ0) is 12.3. The van der Waals surface area contributed by atoms with Gasteiger partial charge in [-0.05, 0) is 19.8 Å². The van der Waals surface area contributed by atoms with Gasteiger partial charge in [0.15, 0.2) is 0 Å². The number of hydrogen-bond acceptors (Lipinski definition) is 4. The van der Waals surface area contributed by atoms with Crippen LogP contribution in [-0.4, -0.2) is 42.1 Å². The second-order valence-electron chi connectivity index (χ2n) is 4.59. The molecule has 1 rings (SSSR count). The molecule has 16 heavy (non-hydrogen) atoms. The third kappa shape index (κ3) is 2.95. The van der Waals surface area contributed by atoms with Gasteiger partial charge in [0.2, 0.25) is 5.91 Å². The van der Waals surface area contributed by atoms with Gasteiger partial charge in [0, 0.05) is 0 Å². The van der Waals surface area contributed by atoms with E-state index in [-0.39, 0.29) is 17.9 Å². The molecule has 0 aromatic rings. The minimum atomic E-state index is -0.510. The van der Waals surface area contributed by atoms with Gasteiger partial charge in [0.25, 0.3) is 0 Å². The summed E-state index contributed by atoms with van der Waals surface area (Å²) in [5.74, 6) is -0.0746. The van der Waals surface area contributed by atoms with E-state index >= 15 is 0 Å². The molecule has 1 aliphatic rings. The highest BCUT2D eigenvalue weighted by Gasteiger charge is 2.34. The van der Waals surface area contributed by atoms with Crippen molar-refractivity contribution >= 4 is 11.9 Å². The van der Waals surface area contributed by atoms with Crippen molar-refractivity contribution in [1.82, 2.24) is 10.2 Å². The van der Waals surface area contributed by atoms with Crippen molar-refractivity contribution < 1.29 is 14.3 Å². The average Bonchev–Trinajstić information content (AvgIpc) is 2.55. The predicted octanol–water partition coefficient (Wildman–Crippen LogP) is 0.352. The van der Waals surface area contributed by atoms with Crippen LogP contribution < -0.4 is 5.32 Å². The van der Waals surface area contributed by atoms with E-state index in [1.165, 1.54) is 4.90 Å². The van der Waals surface area contributed by atoms with Crippen molar-refractivity contribution in [3.05, 3.63) is 0 Å². The zero-order valence-corrected chi connectivity index (χ0v) is 10.3. The molecule has 0 aliphatic carbocycles. The summed E-state index contributed by atoms with van der Waals surface area (Å²) in [5, 5.41) is 2.99. The summed E-state index contributed by atoms with van der Waals surface area (Å²) in [6.07, 6.45) is 0. The van der Waals surface area contributed by atoms with Crippen molar-refractivity contribution in [2.45, 2.75) is 39.8 Å². The smallest absolute Gasteiger partial charge is 0.328 e. The maximum absolute atomic E-state index is 11.6. The number of ether oxygens (including phenoxy) is 1. The first kappa shape index (κ1) is 13.0. The van der Waals surface area contributed by atoms with Crippen LogP contribution in [0.2, 0.25) is 0 Å². The summed E-state index contributed by atoms with van der Waals surface area (Å²) >= 11 is 0. The Morgan fingerprint density at radius 1 is 1.56 bits per heavy atom. The summed E-state index contributed by atoms with van der Waals surface area (Å²) in [4.78, 5) is 24.8. The molecule has 92 valence electrons. The second kappa shape index (κ2) is 5.30. The van der Waals surface area contributed by atoms with Gasteiger partial charge < -0.3 is 9.64 Å². The molecule has 1 heterocycles. The Bertz CT molecular complexity index is 278. The molecule has 5 heteroatoms. The molecule has 1 aliphatic heterocycles. The molecule has 2 atom stereocenters. The fraction of sp³-hybridized carbons (Fsp3) is 0.818. The standard InChI is InChI=1S/C11H20N2O3/c1-7(2)5-16-11(15)9(4)13-6-12-8(3)10(13)14/h7-9,12H,5-6H2,1-4H3/t8-,9?/m0/s1. The lowest BCUT2D eigenvalue weighted by Gasteiger charge is -2.22. The monoisotopic (exact) mass is 228 g/mol. The molecule has 0 aromatic carbocycles. The lowest BCUT2D eigenvalue weighted by Crippen LogP contribution is -2.42. The first-order chi connectivity index (χ1) is 7.43. The molecule has 0 spiro atoms. The molecule has 1 fully saturated rings. The van der Waals surface area contributed by atoms with Crippen molar-refractivity contribution in [3.8, 4) is 0 Å². The summed E-state index contributed by atoms with van der Waals surface area (Å²) in [6.45, 7) is 8.24. The number of hydrogen-bond donors (Lipinski definition) is 1. The van der Waals surface area contributed by atoms with Crippen LogP contribution in [0.1, 0.15) is 27.7 Å². The van der Waals surface area contributed by atoms with E-state index < -0.39 is 6.04 Å². The molecule has 1 amide bonds. The van der Waals surface area contributed by atoms with Gasteiger partial charge in [-0.1, -0.05) is 13.8 Å². The SMILES string of the molecule is CC(C)COC(=O)C(C)N1CN[C@@H](C)C1=O. The number of carbonyl (C=O) groups excluding carboxylic acids is 2. The quantitative estimate of drug-likeness (QED) is 0.705. The van der Waals surface area contributed by atoms with E-state index in [1.54, 1.807) is 13.8 Å². The minimum absolute atomic E-state index is 0.0472. The molecule has 0 bridgehead atoms. The summed E-state index contributed by atoms with van der Waals surface area (Å²) in [7, 11) is 0. The number of rotatable bonds is 4. The topological polar surface area (TPSA) is 58.6 Å². The Labute approximate surface area is 96.1 Å². The highest BCUT2D eigenvalue weighted by molar-refractivity contribution is 5.88. The Balaban J connectivity index is 2.48. The van der Waals surface area contributed by atoms with Crippen LogP contribution in [0.15, 0.2) is 0 Å². The van der Waals surface area contributed by atoms with Gasteiger partial charge in [-0.25, -0.2) is 4.79 Å². The molecule has 0 radical (unpaired) electrons. The van der Waals surface area contributed by atoms with E-state index in [0.717, 1.165) is 0 Å². The first-order valence-corrected chi connectivity index (χ1v) is 5.64. The number of nitrogens with one attached hydrogen (secondary N) is 1. The molecule has 1 N–H and O–H groups in total. The van der Waals surface area contributed by atoms with Crippen molar-refractivity contribution in [2.75, 3.05) is 13.3 Å². The highest BCUT2D eigenvalue weighted by Crippen LogP contribution is 2.09. The average molecular weight is 228 g/mol. The lowest BCUT2D eigenvalue weighted by molar-refractivity contribution is -0.154. The van der Waals surface area contributed by atoms with Crippen LogP contribution in [0.4, 0.5) is 0 Å². The molecular formula is C11H20N2O3. The van der Waals surface area contributed by atoms with Crippen LogP contribution in [0.5, 0.6) is 0 Å². The van der Waals surface area contributed by atoms with Crippen LogP contribution in [0.25, 0.3) is 0 Å². The Morgan fingerprint density at radius 3 is 2.62 bits per heavy atom. The van der Waals surface area contributed by atoms with E-state index in [0.29, 0.717) is 19.2 Å². The number of carbonyl (C=O) groups is 2. The van der Waals surface area contributed by atoms with Gasteiger partial charge in [-0.2, -0.15) is 0 Å². The molecule has 0 aromatic heterocycles. The van der Waals surface area contributed by atoms with Gasteiger partial charge >= 0.3 is 5.97 Å². The second-order valence-corrected chi connectivity index (χ2v) is 4.59. The molecule has 5 nitrogen and oxygen atoms in total. The van der Waals surface area contributed by atoms with Gasteiger partial charge in [-0.3, -0.25) is 10.1 Å². The number of nitrogens with zero attached hydrogens (tertiary/aromatic N) is 1. The third-order valence-corrected chi connectivity index (χ3v) is 2.59. The van der Waals surface area contributed by atoms with Crippen LogP contribution in [-0.2, 0) is 14.3 Å². The van der Waals surface area contributed by atoms with Crippen molar-refractivity contribution in [2.24, 2.45) is 5.92 Å². The Hall–Kier alpha value is -1.10. The Kier molecular flexibility index (Phi) is 4.29. The van der Waals surface area contributed by atoms with Crippen molar-refractivity contribution in [3.63, 3.8) is 0 Å². The molecule has 1 unspecified atom stereocenters. The summed E-state index contributed by atoms with van der Waals surface area (Å²) in [5.41, 5.74) is 0. The first-order valence-electron chi connectivity index (χ1n) is 5.64. The van der Waals surface area contributed by atoms with Gasteiger partial charge in [0.05, 0.1) is 19.3 Å². The third-order valence-electron chi connectivity index (χ3n) is 2.59. The van der Waals surface area contributed by atoms with Crippen LogP contribution in [0, 0.1) is 5.92 Å². The molecule has 1 saturated heterocycles. The summed E-state index contributed by atoms with van der Waals surface area (Å²) in [6, 6.07) is -0.718. The summed E-state index contributed by atoms with van der Waals surface area (Å²) < 4.78 is 5.10. The van der Waals surface area contributed by atoms with Crippen LogP contribution in [0.3, 0.4) is 0 Å². The largest absolute Gasteiger partial charge is 0.464 e. The van der Waals surface area contributed by atoms with Crippen molar-refractivity contribution in [1.29, 1.82) is 0 Å². The highest BCUT2D eigenvalue weighted by atomic mass is 16.5. The molecular weight excluding hydrogens is 208 g/mol. The van der Waals surface area contributed by atoms with E-state index in [2.05, 4.69) is 5.32 Å². The molecule has 0 saturated carbocycles. The fourth-order valence-corrected chi connectivity index (χ4v) is 1.47. The van der Waals surface area contributed by atoms with E-state index in [4.69, 9.17) is 4.74 Å². The van der Waals surface area contributed by atoms with E-state index in [9.17, 15) is 9.59 Å². The fourth-order valence-electron chi connectivity index (χ4n) is 1.47. The van der Waals surface area contributed by atoms with Crippen LogP contribution >= 0.6 is 0 Å². The minimum Gasteiger partial charge on any atom is -0.464 e.